The van der Waals surface area contributed by atoms with Crippen molar-refractivity contribution in [2.24, 2.45) is 7.05 Å². The minimum Gasteiger partial charge on any atom is -0.490 e. The number of nitrogens with one attached hydrogen (secondary N) is 1. The zero-order valence-electron chi connectivity index (χ0n) is 24.4. The molecule has 0 radical (unpaired) electrons. The van der Waals surface area contributed by atoms with Crippen molar-refractivity contribution < 1.29 is 19.0 Å². The van der Waals surface area contributed by atoms with Gasteiger partial charge in [-0.1, -0.05) is 12.1 Å². The number of benzene rings is 2. The number of likely N-dealkylation sites (tertiary alicyclic amines) is 1. The summed E-state index contributed by atoms with van der Waals surface area (Å²) in [7, 11) is 3.68. The van der Waals surface area contributed by atoms with Crippen LogP contribution in [0.25, 0.3) is 10.9 Å². The smallest absolute Gasteiger partial charge is 0.256 e. The van der Waals surface area contributed by atoms with Crippen molar-refractivity contribution in [3.05, 3.63) is 78.1 Å². The summed E-state index contributed by atoms with van der Waals surface area (Å²) in [6, 6.07) is 18.0. The number of ether oxygens (including phenoxy) is 3. The Morgan fingerprint density at radius 2 is 1.80 bits per heavy atom. The number of anilines is 1. The van der Waals surface area contributed by atoms with E-state index in [1.54, 1.807) is 25.4 Å². The Hall–Kier alpha value is -3.88. The van der Waals surface area contributed by atoms with E-state index in [0.29, 0.717) is 53.8 Å². The van der Waals surface area contributed by atoms with Crippen molar-refractivity contribution >= 4 is 22.6 Å². The van der Waals surface area contributed by atoms with Gasteiger partial charge in [-0.05, 0) is 81.6 Å². The Labute approximate surface area is 242 Å². The van der Waals surface area contributed by atoms with Gasteiger partial charge in [0.1, 0.15) is 11.6 Å². The van der Waals surface area contributed by atoms with Gasteiger partial charge in [-0.25, -0.2) is 4.98 Å². The minimum absolute atomic E-state index is 0.205. The Kier molecular flexibility index (Phi) is 9.21. The molecule has 0 saturated carbocycles. The van der Waals surface area contributed by atoms with Crippen molar-refractivity contribution in [2.75, 3.05) is 38.7 Å². The fourth-order valence-electron chi connectivity index (χ4n) is 5.37. The number of aromatic nitrogens is 2. The number of nitrogens with zero attached hydrogens (tertiary/aromatic N) is 3. The molecule has 1 N–H and O–H groups in total. The van der Waals surface area contributed by atoms with Crippen LogP contribution >= 0.6 is 0 Å². The second-order valence-corrected chi connectivity index (χ2v) is 10.9. The van der Waals surface area contributed by atoms with Crippen LogP contribution in [0.3, 0.4) is 0 Å². The molecule has 1 aliphatic heterocycles. The van der Waals surface area contributed by atoms with Gasteiger partial charge >= 0.3 is 0 Å². The molecule has 1 aliphatic rings. The summed E-state index contributed by atoms with van der Waals surface area (Å²) in [5, 5.41) is 3.96. The molecule has 3 heterocycles. The number of fused-ring (bicyclic) bond motifs is 1. The topological polar surface area (TPSA) is 77.9 Å². The van der Waals surface area contributed by atoms with E-state index < -0.39 is 0 Å². The van der Waals surface area contributed by atoms with Crippen LogP contribution in [-0.2, 0) is 11.8 Å². The van der Waals surface area contributed by atoms with Crippen molar-refractivity contribution in [3.8, 4) is 17.2 Å². The number of hydrogen-bond acceptors (Lipinski definition) is 6. The average Bonchev–Trinajstić information content (AvgIpc) is 3.34. The second kappa shape index (κ2) is 13.2. The van der Waals surface area contributed by atoms with Gasteiger partial charge in [0.25, 0.3) is 5.91 Å². The lowest BCUT2D eigenvalue weighted by molar-refractivity contribution is 0.102. The molecule has 2 aromatic heterocycles. The number of rotatable bonds is 11. The monoisotopic (exact) mass is 556 g/mol. The van der Waals surface area contributed by atoms with E-state index in [1.807, 2.05) is 48.1 Å². The highest BCUT2D eigenvalue weighted by Gasteiger charge is 2.22. The first kappa shape index (κ1) is 28.6. The first-order chi connectivity index (χ1) is 19.9. The normalized spacial score (nSPS) is 14.5. The van der Waals surface area contributed by atoms with Gasteiger partial charge < -0.3 is 29.0 Å². The molecule has 1 fully saturated rings. The minimum atomic E-state index is -0.205. The number of piperidine rings is 1. The molecule has 2 aromatic carbocycles. The van der Waals surface area contributed by atoms with E-state index in [-0.39, 0.29) is 5.91 Å². The summed E-state index contributed by atoms with van der Waals surface area (Å²) in [6.07, 6.45) is 6.70. The second-order valence-electron chi connectivity index (χ2n) is 10.9. The molecule has 216 valence electrons. The molecule has 4 aromatic rings. The highest BCUT2D eigenvalue weighted by atomic mass is 16.5. The molecule has 8 heteroatoms. The standard InChI is InChI=1S/C33H40N4O4/c1-23(2)37-16-12-25(13-17-37)24-6-8-26(9-7-24)33(38)35-32-21-28(10-14-34-32)41-31-20-27-11-15-36(3)29(27)22-30(31)40-19-5-18-39-4/h6-11,14-15,20-23,25H,5,12-13,16-19H2,1-4H3,(H,34,35,38). The van der Waals surface area contributed by atoms with Crippen molar-refractivity contribution in [1.82, 2.24) is 14.5 Å². The lowest BCUT2D eigenvalue weighted by atomic mass is 9.88. The summed E-state index contributed by atoms with van der Waals surface area (Å²) < 4.78 is 19.5. The Balaban J connectivity index is 1.25. The molecule has 5 rings (SSSR count). The maximum Gasteiger partial charge on any atom is 0.256 e. The van der Waals surface area contributed by atoms with Crippen molar-refractivity contribution in [1.29, 1.82) is 0 Å². The zero-order valence-corrected chi connectivity index (χ0v) is 24.4. The number of pyridine rings is 1. The first-order valence-electron chi connectivity index (χ1n) is 14.4. The molecular weight excluding hydrogens is 516 g/mol. The van der Waals surface area contributed by atoms with Crippen LogP contribution < -0.4 is 14.8 Å². The van der Waals surface area contributed by atoms with E-state index >= 15 is 0 Å². The van der Waals surface area contributed by atoms with E-state index in [4.69, 9.17) is 14.2 Å². The Morgan fingerprint density at radius 3 is 2.54 bits per heavy atom. The summed E-state index contributed by atoms with van der Waals surface area (Å²) >= 11 is 0. The third-order valence-electron chi connectivity index (χ3n) is 7.81. The van der Waals surface area contributed by atoms with Gasteiger partial charge in [0.05, 0.1) is 12.1 Å². The highest BCUT2D eigenvalue weighted by Crippen LogP contribution is 2.36. The fourth-order valence-corrected chi connectivity index (χ4v) is 5.37. The number of methoxy groups -OCH3 is 1. The lowest BCUT2D eigenvalue weighted by Gasteiger charge is -2.34. The van der Waals surface area contributed by atoms with Crippen LogP contribution in [0.15, 0.2) is 67.0 Å². The van der Waals surface area contributed by atoms with Gasteiger partial charge in [-0.2, -0.15) is 0 Å². The largest absolute Gasteiger partial charge is 0.490 e. The Bertz CT molecular complexity index is 1460. The third kappa shape index (κ3) is 7.07. The fraction of sp³-hybridized carbons (Fsp3) is 0.394. The summed E-state index contributed by atoms with van der Waals surface area (Å²) in [5.74, 6) is 2.55. The molecule has 0 spiro atoms. The number of aryl methyl sites for hydroxylation is 1. The molecule has 0 atom stereocenters. The highest BCUT2D eigenvalue weighted by molar-refractivity contribution is 6.03. The van der Waals surface area contributed by atoms with Crippen LogP contribution in [0.1, 0.15) is 54.9 Å². The van der Waals surface area contributed by atoms with Gasteiger partial charge in [-0.3, -0.25) is 4.79 Å². The quantitative estimate of drug-likeness (QED) is 0.209. The van der Waals surface area contributed by atoms with Gasteiger partial charge in [0, 0.05) is 68.7 Å². The number of hydrogen-bond donors (Lipinski definition) is 1. The number of carbonyl (C=O) groups excluding carboxylic acids is 1. The van der Waals surface area contributed by atoms with Crippen molar-refractivity contribution in [3.63, 3.8) is 0 Å². The summed E-state index contributed by atoms with van der Waals surface area (Å²) in [4.78, 5) is 19.9. The van der Waals surface area contributed by atoms with Crippen LogP contribution in [0.5, 0.6) is 17.2 Å². The maximum absolute atomic E-state index is 13.0. The molecule has 1 amide bonds. The Morgan fingerprint density at radius 1 is 1.02 bits per heavy atom. The van der Waals surface area contributed by atoms with Crippen LogP contribution in [0.4, 0.5) is 5.82 Å². The van der Waals surface area contributed by atoms with Crippen molar-refractivity contribution in [2.45, 2.75) is 45.1 Å². The molecular formula is C33H40N4O4. The van der Waals surface area contributed by atoms with Crippen LogP contribution in [0.2, 0.25) is 0 Å². The van der Waals surface area contributed by atoms with Crippen LogP contribution in [0, 0.1) is 0 Å². The van der Waals surface area contributed by atoms with E-state index in [0.717, 1.165) is 43.3 Å². The predicted octanol–water partition coefficient (Wildman–Crippen LogP) is 6.62. The van der Waals surface area contributed by atoms with E-state index in [2.05, 4.69) is 41.2 Å². The van der Waals surface area contributed by atoms with Gasteiger partial charge in [-0.15, -0.1) is 0 Å². The van der Waals surface area contributed by atoms with E-state index in [1.165, 1.54) is 5.56 Å². The number of carbonyl (C=O) groups is 1. The molecule has 0 bridgehead atoms. The molecule has 41 heavy (non-hydrogen) atoms. The third-order valence-corrected chi connectivity index (χ3v) is 7.81. The zero-order chi connectivity index (χ0) is 28.8. The molecule has 8 nitrogen and oxygen atoms in total. The maximum atomic E-state index is 13.0. The predicted molar refractivity (Wildman–Crippen MR) is 162 cm³/mol. The molecule has 1 saturated heterocycles. The SMILES string of the molecule is COCCCOc1cc2c(ccn2C)cc1Oc1ccnc(NC(=O)c2ccc(C3CCN(C(C)C)CC3)cc2)c1. The molecule has 0 aliphatic carbocycles. The molecule has 0 unspecified atom stereocenters. The van der Waals surface area contributed by atoms with Gasteiger partial charge in [0.2, 0.25) is 0 Å². The lowest BCUT2D eigenvalue weighted by Crippen LogP contribution is -2.37. The number of amides is 1. The van der Waals surface area contributed by atoms with E-state index in [9.17, 15) is 4.79 Å². The van der Waals surface area contributed by atoms with Crippen LogP contribution in [-0.4, -0.2) is 59.8 Å². The first-order valence-corrected chi connectivity index (χ1v) is 14.4. The summed E-state index contributed by atoms with van der Waals surface area (Å²) in [5.41, 5.74) is 2.95. The van der Waals surface area contributed by atoms with Gasteiger partial charge in [0.15, 0.2) is 11.5 Å². The summed E-state index contributed by atoms with van der Waals surface area (Å²) in [6.45, 7) is 7.88. The average molecular weight is 557 g/mol.